The van der Waals surface area contributed by atoms with Crippen molar-refractivity contribution in [3.63, 3.8) is 0 Å². The van der Waals surface area contributed by atoms with Crippen LogP contribution in [0.25, 0.3) is 0 Å². The van der Waals surface area contributed by atoms with Crippen molar-refractivity contribution in [2.45, 2.75) is 129 Å². The molecule has 0 bridgehead atoms. The minimum atomic E-state index is -0.692. The first-order valence-electron chi connectivity index (χ1n) is 12.3. The molecule has 5 heteroatoms. The van der Waals surface area contributed by atoms with Crippen molar-refractivity contribution in [3.8, 4) is 0 Å². The number of rotatable bonds is 20. The molecular formula is C26H48O4Zn. The number of hydrogen-bond acceptors (Lipinski definition) is 2. The summed E-state index contributed by atoms with van der Waals surface area (Å²) >= 11 is 0. The Morgan fingerprint density at radius 3 is 1.10 bits per heavy atom. The molecule has 0 atom stereocenters. The van der Waals surface area contributed by atoms with E-state index in [1.54, 1.807) is 0 Å². The van der Waals surface area contributed by atoms with Crippen LogP contribution in [0.4, 0.5) is 0 Å². The van der Waals surface area contributed by atoms with Crippen LogP contribution in [0.3, 0.4) is 0 Å². The van der Waals surface area contributed by atoms with Gasteiger partial charge >= 0.3 is 11.9 Å². The van der Waals surface area contributed by atoms with Crippen LogP contribution in [-0.2, 0) is 29.1 Å². The van der Waals surface area contributed by atoms with E-state index in [2.05, 4.69) is 38.2 Å². The quantitative estimate of drug-likeness (QED) is 0.102. The third-order valence-electron chi connectivity index (χ3n) is 4.80. The number of carboxylic acids is 2. The van der Waals surface area contributed by atoms with Crippen LogP contribution < -0.4 is 0 Å². The first-order chi connectivity index (χ1) is 14.5. The maximum Gasteiger partial charge on any atom is 0.303 e. The van der Waals surface area contributed by atoms with E-state index in [1.807, 2.05) is 0 Å². The molecule has 0 aliphatic rings. The molecule has 178 valence electrons. The molecule has 0 amide bonds. The van der Waals surface area contributed by atoms with Crippen molar-refractivity contribution in [3.05, 3.63) is 24.3 Å². The molecule has 0 aliphatic heterocycles. The van der Waals surface area contributed by atoms with Crippen molar-refractivity contribution >= 4 is 11.9 Å². The van der Waals surface area contributed by atoms with Gasteiger partial charge in [-0.05, 0) is 51.4 Å². The zero-order chi connectivity index (χ0) is 22.7. The monoisotopic (exact) mass is 488 g/mol. The average molecular weight is 490 g/mol. The van der Waals surface area contributed by atoms with Gasteiger partial charge in [-0.1, -0.05) is 89.5 Å². The summed E-state index contributed by atoms with van der Waals surface area (Å²) in [7, 11) is 0. The summed E-state index contributed by atoms with van der Waals surface area (Å²) in [5, 5.41) is 16.8. The molecule has 0 heterocycles. The standard InChI is InChI=1S/2C13H24O2.Zn/c2*1-2-3-4-5-6-7-8-9-10-11-12-13(14)15;/h2*8-9H,2-7,10-12H2,1H3,(H,14,15);. The van der Waals surface area contributed by atoms with Crippen molar-refractivity contribution in [2.75, 3.05) is 0 Å². The van der Waals surface area contributed by atoms with E-state index in [9.17, 15) is 9.59 Å². The summed E-state index contributed by atoms with van der Waals surface area (Å²) in [6.07, 6.45) is 28.0. The van der Waals surface area contributed by atoms with Crippen molar-refractivity contribution in [1.29, 1.82) is 0 Å². The van der Waals surface area contributed by atoms with Crippen LogP contribution in [0.1, 0.15) is 129 Å². The maximum atomic E-state index is 10.2. The first-order valence-corrected chi connectivity index (χ1v) is 12.3. The van der Waals surface area contributed by atoms with E-state index in [-0.39, 0.29) is 19.5 Å². The number of carboxylic acid groups (broad SMARTS) is 2. The average Bonchev–Trinajstić information content (AvgIpc) is 2.71. The van der Waals surface area contributed by atoms with E-state index in [1.165, 1.54) is 64.2 Å². The van der Waals surface area contributed by atoms with Gasteiger partial charge in [0.2, 0.25) is 0 Å². The molecule has 31 heavy (non-hydrogen) atoms. The minimum absolute atomic E-state index is 0. The van der Waals surface area contributed by atoms with E-state index in [0.29, 0.717) is 12.8 Å². The number of unbranched alkanes of at least 4 members (excludes halogenated alkanes) is 12. The van der Waals surface area contributed by atoms with Gasteiger partial charge in [0, 0.05) is 32.3 Å². The Hall–Kier alpha value is -0.957. The summed E-state index contributed by atoms with van der Waals surface area (Å²) in [6, 6.07) is 0. The Labute approximate surface area is 204 Å². The van der Waals surface area contributed by atoms with Crippen molar-refractivity contribution in [2.24, 2.45) is 0 Å². The zero-order valence-electron chi connectivity index (χ0n) is 20.5. The second kappa shape index (κ2) is 31.2. The summed E-state index contributed by atoms with van der Waals surface area (Å²) in [5.41, 5.74) is 0. The van der Waals surface area contributed by atoms with E-state index < -0.39 is 11.9 Å². The predicted molar refractivity (Wildman–Crippen MR) is 128 cm³/mol. The molecule has 0 aromatic carbocycles. The summed E-state index contributed by atoms with van der Waals surface area (Å²) in [4.78, 5) is 20.4. The smallest absolute Gasteiger partial charge is 0.303 e. The third kappa shape index (κ3) is 40.0. The van der Waals surface area contributed by atoms with Gasteiger partial charge in [0.25, 0.3) is 0 Å². The number of hydrogen-bond donors (Lipinski definition) is 2. The molecular weight excluding hydrogens is 442 g/mol. The largest absolute Gasteiger partial charge is 0.481 e. The van der Waals surface area contributed by atoms with Gasteiger partial charge in [-0.3, -0.25) is 9.59 Å². The molecule has 0 rings (SSSR count). The fourth-order valence-electron chi connectivity index (χ4n) is 2.95. The fraction of sp³-hybridized carbons (Fsp3) is 0.769. The summed E-state index contributed by atoms with van der Waals surface area (Å²) in [5.74, 6) is -1.38. The number of carbonyl (C=O) groups is 2. The van der Waals surface area contributed by atoms with Gasteiger partial charge in [-0.15, -0.1) is 0 Å². The van der Waals surface area contributed by atoms with Crippen molar-refractivity contribution < 1.29 is 39.3 Å². The van der Waals surface area contributed by atoms with Gasteiger partial charge in [-0.25, -0.2) is 0 Å². The third-order valence-corrected chi connectivity index (χ3v) is 4.80. The van der Waals surface area contributed by atoms with Gasteiger partial charge < -0.3 is 10.2 Å². The van der Waals surface area contributed by atoms with Crippen LogP contribution in [0, 0.1) is 0 Å². The Balaban J connectivity index is -0.000000490. The molecule has 0 saturated heterocycles. The Morgan fingerprint density at radius 1 is 0.516 bits per heavy atom. The summed E-state index contributed by atoms with van der Waals surface area (Å²) < 4.78 is 0. The topological polar surface area (TPSA) is 74.6 Å². The van der Waals surface area contributed by atoms with Crippen LogP contribution in [0.5, 0.6) is 0 Å². The molecule has 0 unspecified atom stereocenters. The molecule has 4 nitrogen and oxygen atoms in total. The van der Waals surface area contributed by atoms with Crippen LogP contribution >= 0.6 is 0 Å². The molecule has 0 radical (unpaired) electrons. The molecule has 0 spiro atoms. The number of aliphatic carboxylic acids is 2. The first kappa shape index (κ1) is 34.7. The van der Waals surface area contributed by atoms with Gasteiger partial charge in [-0.2, -0.15) is 0 Å². The zero-order valence-corrected chi connectivity index (χ0v) is 23.4. The Bertz CT molecular complexity index is 393. The van der Waals surface area contributed by atoms with Crippen LogP contribution in [0.15, 0.2) is 24.3 Å². The van der Waals surface area contributed by atoms with Gasteiger partial charge in [0.05, 0.1) is 0 Å². The predicted octanol–water partition coefficient (Wildman–Crippen LogP) is 8.31. The van der Waals surface area contributed by atoms with Gasteiger partial charge in [0.15, 0.2) is 0 Å². The molecule has 0 aromatic rings. The van der Waals surface area contributed by atoms with Gasteiger partial charge in [0.1, 0.15) is 0 Å². The Morgan fingerprint density at radius 2 is 0.806 bits per heavy atom. The molecule has 0 fully saturated rings. The number of allylic oxidation sites excluding steroid dienone is 4. The van der Waals surface area contributed by atoms with E-state index >= 15 is 0 Å². The Kier molecular flexibility index (Phi) is 34.9. The second-order valence-corrected chi connectivity index (χ2v) is 7.92. The molecule has 0 saturated carbocycles. The molecule has 0 aromatic heterocycles. The normalized spacial score (nSPS) is 10.6. The fourth-order valence-corrected chi connectivity index (χ4v) is 2.95. The SMILES string of the molecule is CCCCCCCC=CCCCC(=O)O.CCCCCCCC=CCCCC(=O)O.[Zn]. The second-order valence-electron chi connectivity index (χ2n) is 7.92. The minimum Gasteiger partial charge on any atom is -0.481 e. The van der Waals surface area contributed by atoms with Crippen molar-refractivity contribution in [1.82, 2.24) is 0 Å². The van der Waals surface area contributed by atoms with Crippen LogP contribution in [-0.4, -0.2) is 22.2 Å². The summed E-state index contributed by atoms with van der Waals surface area (Å²) in [6.45, 7) is 4.45. The maximum absolute atomic E-state index is 10.2. The van der Waals surface area contributed by atoms with E-state index in [4.69, 9.17) is 10.2 Å². The molecule has 2 N–H and O–H groups in total. The van der Waals surface area contributed by atoms with E-state index in [0.717, 1.165) is 38.5 Å². The molecule has 0 aliphatic carbocycles. The van der Waals surface area contributed by atoms with Crippen LogP contribution in [0.2, 0.25) is 0 Å².